The number of nitrogens with zero attached hydrogens (tertiary/aromatic N) is 3. The molecule has 1 aliphatic heterocycles. The second kappa shape index (κ2) is 8.22. The normalized spacial score (nSPS) is 17.3. The first-order valence-corrected chi connectivity index (χ1v) is 8.95. The van der Waals surface area contributed by atoms with Crippen molar-refractivity contribution < 1.29 is 22.7 Å². The number of aromatic nitrogens is 2. The van der Waals surface area contributed by atoms with Gasteiger partial charge in [0, 0.05) is 31.4 Å². The van der Waals surface area contributed by atoms with Crippen LogP contribution < -0.4 is 10.1 Å². The van der Waals surface area contributed by atoms with E-state index in [1.54, 1.807) is 17.0 Å². The highest BCUT2D eigenvalue weighted by Crippen LogP contribution is 2.29. The summed E-state index contributed by atoms with van der Waals surface area (Å²) in [5.74, 6) is 0.386. The molecule has 2 aromatic rings. The van der Waals surface area contributed by atoms with E-state index in [0.717, 1.165) is 25.1 Å². The van der Waals surface area contributed by atoms with Crippen molar-refractivity contribution >= 4 is 23.3 Å². The zero-order valence-electron chi connectivity index (χ0n) is 15.0. The summed E-state index contributed by atoms with van der Waals surface area (Å²) in [5, 5.41) is 3.15. The molecule has 1 amide bonds. The zero-order chi connectivity index (χ0) is 20.3. The minimum absolute atomic E-state index is 0.0591. The number of nitrogens with one attached hydrogen (secondary N) is 1. The molecule has 1 aliphatic rings. The third kappa shape index (κ3) is 4.64. The molecule has 1 N–H and O–H groups in total. The molecule has 28 heavy (non-hydrogen) atoms. The van der Waals surface area contributed by atoms with Gasteiger partial charge in [-0.3, -0.25) is 4.79 Å². The fourth-order valence-electron chi connectivity index (χ4n) is 3.00. The third-order valence-corrected chi connectivity index (χ3v) is 4.70. The molecule has 0 bridgehead atoms. The molecule has 3 heterocycles. The maximum atomic E-state index is 12.8. The van der Waals surface area contributed by atoms with E-state index in [4.69, 9.17) is 16.3 Å². The summed E-state index contributed by atoms with van der Waals surface area (Å²) in [6.07, 6.45) is -2.13. The molecule has 0 saturated carbocycles. The summed E-state index contributed by atoms with van der Waals surface area (Å²) < 4.78 is 42.9. The van der Waals surface area contributed by atoms with E-state index in [1.807, 2.05) is 0 Å². The van der Waals surface area contributed by atoms with E-state index < -0.39 is 11.7 Å². The van der Waals surface area contributed by atoms with E-state index in [2.05, 4.69) is 15.3 Å². The van der Waals surface area contributed by atoms with Gasteiger partial charge in [0.05, 0.1) is 18.2 Å². The van der Waals surface area contributed by atoms with E-state index in [-0.39, 0.29) is 22.7 Å². The van der Waals surface area contributed by atoms with Gasteiger partial charge in [-0.1, -0.05) is 11.6 Å². The predicted molar refractivity (Wildman–Crippen MR) is 97.6 cm³/mol. The number of rotatable bonds is 4. The lowest BCUT2D eigenvalue weighted by Gasteiger charge is -2.33. The first-order chi connectivity index (χ1) is 13.3. The summed E-state index contributed by atoms with van der Waals surface area (Å²) in [7, 11) is 1.45. The van der Waals surface area contributed by atoms with Gasteiger partial charge < -0.3 is 15.0 Å². The smallest absolute Gasteiger partial charge is 0.417 e. The van der Waals surface area contributed by atoms with E-state index in [0.29, 0.717) is 24.8 Å². The molecule has 10 heteroatoms. The Balaban J connectivity index is 1.66. The van der Waals surface area contributed by atoms with E-state index >= 15 is 0 Å². The van der Waals surface area contributed by atoms with Crippen LogP contribution in [0.15, 0.2) is 30.5 Å². The number of ether oxygens (including phenoxy) is 1. The van der Waals surface area contributed by atoms with Crippen LogP contribution in [0.1, 0.15) is 28.8 Å². The molecule has 1 saturated heterocycles. The number of methoxy groups -OCH3 is 1. The van der Waals surface area contributed by atoms with Crippen molar-refractivity contribution in [3.05, 3.63) is 46.7 Å². The standard InChI is InChI=1S/C18H18ClF3N4O2/c1-28-15-7-5-13(16(19)25-15)17(27)26-8-2-3-12(10-26)24-14-6-4-11(9-23-14)18(20,21)22/h4-7,9,12H,2-3,8,10H2,1H3,(H,23,24)/t12-/m1/s1. The average Bonchev–Trinajstić information content (AvgIpc) is 2.67. The Bertz CT molecular complexity index is 846. The van der Waals surface area contributed by atoms with Crippen molar-refractivity contribution in [2.45, 2.75) is 25.1 Å². The van der Waals surface area contributed by atoms with Crippen LogP contribution in [0.25, 0.3) is 0 Å². The Kier molecular flexibility index (Phi) is 5.93. The second-order valence-electron chi connectivity index (χ2n) is 6.36. The first-order valence-electron chi connectivity index (χ1n) is 8.57. The van der Waals surface area contributed by atoms with Gasteiger partial charge in [-0.15, -0.1) is 0 Å². The monoisotopic (exact) mass is 414 g/mol. The molecule has 0 unspecified atom stereocenters. The summed E-state index contributed by atoms with van der Waals surface area (Å²) in [6, 6.07) is 5.25. The molecule has 0 aliphatic carbocycles. The Morgan fingerprint density at radius 3 is 2.71 bits per heavy atom. The lowest BCUT2D eigenvalue weighted by atomic mass is 10.0. The maximum Gasteiger partial charge on any atom is 0.417 e. The highest BCUT2D eigenvalue weighted by atomic mass is 35.5. The number of halogens is 4. The topological polar surface area (TPSA) is 67.3 Å². The number of amides is 1. The van der Waals surface area contributed by atoms with Gasteiger partial charge in [-0.2, -0.15) is 13.2 Å². The molecule has 0 radical (unpaired) electrons. The largest absolute Gasteiger partial charge is 0.481 e. The fraction of sp³-hybridized carbons (Fsp3) is 0.389. The Labute approximate surface area is 164 Å². The van der Waals surface area contributed by atoms with Crippen molar-refractivity contribution in [3.63, 3.8) is 0 Å². The lowest BCUT2D eigenvalue weighted by molar-refractivity contribution is -0.137. The van der Waals surface area contributed by atoms with Crippen LogP contribution >= 0.6 is 11.6 Å². The minimum Gasteiger partial charge on any atom is -0.481 e. The van der Waals surface area contributed by atoms with Crippen LogP contribution in [0.2, 0.25) is 5.15 Å². The van der Waals surface area contributed by atoms with Gasteiger partial charge in [0.1, 0.15) is 11.0 Å². The molecule has 0 aromatic carbocycles. The van der Waals surface area contributed by atoms with Crippen molar-refractivity contribution in [3.8, 4) is 5.88 Å². The van der Waals surface area contributed by atoms with Crippen molar-refractivity contribution in [1.82, 2.24) is 14.9 Å². The Hall–Kier alpha value is -2.55. The Morgan fingerprint density at radius 2 is 2.11 bits per heavy atom. The number of anilines is 1. The highest BCUT2D eigenvalue weighted by Gasteiger charge is 2.31. The first kappa shape index (κ1) is 20.2. The number of carbonyl (C=O) groups is 1. The molecule has 3 rings (SSSR count). The quantitative estimate of drug-likeness (QED) is 0.769. The molecule has 6 nitrogen and oxygen atoms in total. The number of likely N-dealkylation sites (tertiary alicyclic amines) is 1. The molecular formula is C18H18ClF3N4O2. The van der Waals surface area contributed by atoms with Crippen molar-refractivity contribution in [2.24, 2.45) is 0 Å². The third-order valence-electron chi connectivity index (χ3n) is 4.41. The van der Waals surface area contributed by atoms with Gasteiger partial charge in [0.25, 0.3) is 5.91 Å². The van der Waals surface area contributed by atoms with Crippen LogP contribution in [0, 0.1) is 0 Å². The molecule has 150 valence electrons. The number of hydrogen-bond acceptors (Lipinski definition) is 5. The minimum atomic E-state index is -4.43. The number of carbonyl (C=O) groups excluding carboxylic acids is 1. The SMILES string of the molecule is COc1ccc(C(=O)N2CCC[C@@H](Nc3ccc(C(F)(F)F)cn3)C2)c(Cl)n1. The molecule has 1 atom stereocenters. The van der Waals surface area contributed by atoms with Crippen LogP contribution in [0.3, 0.4) is 0 Å². The van der Waals surface area contributed by atoms with Crippen molar-refractivity contribution in [1.29, 1.82) is 0 Å². The lowest BCUT2D eigenvalue weighted by Crippen LogP contribution is -2.45. The van der Waals surface area contributed by atoms with Gasteiger partial charge >= 0.3 is 6.18 Å². The number of pyridine rings is 2. The maximum absolute atomic E-state index is 12.8. The van der Waals surface area contributed by atoms with Crippen LogP contribution in [0.5, 0.6) is 5.88 Å². The van der Waals surface area contributed by atoms with Gasteiger partial charge in [0.15, 0.2) is 0 Å². The molecule has 2 aromatic heterocycles. The summed E-state index contributed by atoms with van der Waals surface area (Å²) in [6.45, 7) is 0.934. The summed E-state index contributed by atoms with van der Waals surface area (Å²) in [5.41, 5.74) is -0.532. The molecular weight excluding hydrogens is 397 g/mol. The Morgan fingerprint density at radius 1 is 1.32 bits per heavy atom. The van der Waals surface area contributed by atoms with Crippen LogP contribution in [-0.4, -0.2) is 47.0 Å². The van der Waals surface area contributed by atoms with Gasteiger partial charge in [-0.25, -0.2) is 9.97 Å². The number of piperidine rings is 1. The van der Waals surface area contributed by atoms with Crippen LogP contribution in [-0.2, 0) is 6.18 Å². The van der Waals surface area contributed by atoms with Gasteiger partial charge in [0.2, 0.25) is 5.88 Å². The van der Waals surface area contributed by atoms with Crippen molar-refractivity contribution in [2.75, 3.05) is 25.5 Å². The summed E-state index contributed by atoms with van der Waals surface area (Å²) >= 11 is 6.08. The van der Waals surface area contributed by atoms with E-state index in [9.17, 15) is 18.0 Å². The number of hydrogen-bond donors (Lipinski definition) is 1. The average molecular weight is 415 g/mol. The fourth-order valence-corrected chi connectivity index (χ4v) is 3.22. The summed E-state index contributed by atoms with van der Waals surface area (Å²) in [4.78, 5) is 22.2. The van der Waals surface area contributed by atoms with E-state index in [1.165, 1.54) is 13.2 Å². The predicted octanol–water partition coefficient (Wildman–Crippen LogP) is 3.87. The second-order valence-corrected chi connectivity index (χ2v) is 6.71. The molecule has 1 fully saturated rings. The van der Waals surface area contributed by atoms with Crippen LogP contribution in [0.4, 0.5) is 19.0 Å². The highest BCUT2D eigenvalue weighted by molar-refractivity contribution is 6.32. The van der Waals surface area contributed by atoms with Gasteiger partial charge in [-0.05, 0) is 31.0 Å². The zero-order valence-corrected chi connectivity index (χ0v) is 15.7. The number of alkyl halides is 3. The molecule has 0 spiro atoms.